The fourth-order valence-electron chi connectivity index (χ4n) is 1.55. The lowest BCUT2D eigenvalue weighted by atomic mass is 10.3. The van der Waals surface area contributed by atoms with Gasteiger partial charge in [-0.25, -0.2) is 9.97 Å². The van der Waals surface area contributed by atoms with E-state index >= 15 is 0 Å². The molecule has 1 N–H and O–H groups in total. The molecule has 0 aliphatic rings. The van der Waals surface area contributed by atoms with Gasteiger partial charge >= 0.3 is 6.18 Å². The van der Waals surface area contributed by atoms with Crippen molar-refractivity contribution in [3.63, 3.8) is 0 Å². The Morgan fingerprint density at radius 2 is 1.94 bits per heavy atom. The Hall–Kier alpha value is -1.53. The van der Waals surface area contributed by atoms with Crippen LogP contribution in [-0.2, 0) is 0 Å². The zero-order valence-corrected chi connectivity index (χ0v) is 10.8. The molecule has 4 nitrogen and oxygen atoms in total. The van der Waals surface area contributed by atoms with Crippen LogP contribution in [0.2, 0.25) is 0 Å². The lowest BCUT2D eigenvalue weighted by Gasteiger charge is -2.29. The molecule has 0 atom stereocenters. The zero-order valence-electron chi connectivity index (χ0n) is 10.8. The first-order chi connectivity index (χ1) is 8.23. The van der Waals surface area contributed by atoms with E-state index in [0.29, 0.717) is 11.6 Å². The summed E-state index contributed by atoms with van der Waals surface area (Å²) in [6.45, 7) is 4.02. The second-order valence-corrected chi connectivity index (χ2v) is 4.25. The standard InChI is InChI=1S/C11H17F3N4/c1-7(2)18(6-11(12,13)14)10-5-9(15-4)16-8(3)17-10/h5,7H,6H2,1-4H3,(H,15,16,17). The number of hydrogen-bond donors (Lipinski definition) is 1. The van der Waals surface area contributed by atoms with E-state index < -0.39 is 12.7 Å². The van der Waals surface area contributed by atoms with Crippen LogP contribution in [0.15, 0.2) is 6.07 Å². The fourth-order valence-corrected chi connectivity index (χ4v) is 1.55. The van der Waals surface area contributed by atoms with Crippen molar-refractivity contribution in [2.24, 2.45) is 0 Å². The topological polar surface area (TPSA) is 41.0 Å². The fraction of sp³-hybridized carbons (Fsp3) is 0.636. The number of nitrogens with one attached hydrogen (secondary N) is 1. The molecule has 0 spiro atoms. The highest BCUT2D eigenvalue weighted by atomic mass is 19.4. The van der Waals surface area contributed by atoms with Crippen LogP contribution in [-0.4, -0.2) is 35.8 Å². The highest BCUT2D eigenvalue weighted by Crippen LogP contribution is 2.24. The van der Waals surface area contributed by atoms with Gasteiger partial charge in [-0.15, -0.1) is 0 Å². The summed E-state index contributed by atoms with van der Waals surface area (Å²) < 4.78 is 37.6. The van der Waals surface area contributed by atoms with Crippen LogP contribution >= 0.6 is 0 Å². The van der Waals surface area contributed by atoms with Gasteiger partial charge in [-0.05, 0) is 20.8 Å². The monoisotopic (exact) mass is 262 g/mol. The molecular formula is C11H17F3N4. The van der Waals surface area contributed by atoms with Crippen LogP contribution in [0, 0.1) is 6.92 Å². The second-order valence-electron chi connectivity index (χ2n) is 4.25. The number of nitrogens with zero attached hydrogens (tertiary/aromatic N) is 3. The number of halogens is 3. The van der Waals surface area contributed by atoms with Gasteiger partial charge in [-0.2, -0.15) is 13.2 Å². The lowest BCUT2D eigenvalue weighted by molar-refractivity contribution is -0.120. The Balaban J connectivity index is 3.09. The summed E-state index contributed by atoms with van der Waals surface area (Å²) in [5.74, 6) is 1.22. The molecule has 0 fully saturated rings. The van der Waals surface area contributed by atoms with E-state index in [1.165, 1.54) is 11.0 Å². The second kappa shape index (κ2) is 5.41. The summed E-state index contributed by atoms with van der Waals surface area (Å²) in [4.78, 5) is 9.33. The van der Waals surface area contributed by atoms with Crippen LogP contribution < -0.4 is 10.2 Å². The van der Waals surface area contributed by atoms with Crippen LogP contribution in [0.4, 0.5) is 24.8 Å². The van der Waals surface area contributed by atoms with Gasteiger partial charge in [0.05, 0.1) is 0 Å². The molecule has 1 aromatic heterocycles. The molecule has 7 heteroatoms. The van der Waals surface area contributed by atoms with Crippen LogP contribution in [0.1, 0.15) is 19.7 Å². The predicted octanol–water partition coefficient (Wildman–Crippen LogP) is 2.60. The summed E-state index contributed by atoms with van der Waals surface area (Å²) in [5, 5.41) is 2.81. The van der Waals surface area contributed by atoms with E-state index in [0.717, 1.165) is 0 Å². The molecule has 0 aromatic carbocycles. The molecule has 1 heterocycles. The average molecular weight is 262 g/mol. The van der Waals surface area contributed by atoms with Crippen LogP contribution in [0.3, 0.4) is 0 Å². The molecule has 0 bridgehead atoms. The third-order valence-corrected chi connectivity index (χ3v) is 2.35. The molecule has 0 aliphatic heterocycles. The molecule has 1 rings (SSSR count). The highest BCUT2D eigenvalue weighted by molar-refractivity contribution is 5.49. The van der Waals surface area contributed by atoms with Gasteiger partial charge in [0.25, 0.3) is 0 Å². The van der Waals surface area contributed by atoms with Crippen molar-refractivity contribution in [1.82, 2.24) is 9.97 Å². The van der Waals surface area contributed by atoms with Crippen LogP contribution in [0.25, 0.3) is 0 Å². The Morgan fingerprint density at radius 3 is 2.39 bits per heavy atom. The van der Waals surface area contributed by atoms with Gasteiger partial charge in [0, 0.05) is 19.2 Å². The Kier molecular flexibility index (Phi) is 4.37. The molecule has 0 saturated heterocycles. The molecule has 18 heavy (non-hydrogen) atoms. The van der Waals surface area contributed by atoms with Crippen molar-refractivity contribution in [2.45, 2.75) is 33.0 Å². The van der Waals surface area contributed by atoms with Gasteiger partial charge in [-0.1, -0.05) is 0 Å². The van der Waals surface area contributed by atoms with Crippen LogP contribution in [0.5, 0.6) is 0 Å². The van der Waals surface area contributed by atoms with Crippen molar-refractivity contribution >= 4 is 11.6 Å². The van der Waals surface area contributed by atoms with Crippen molar-refractivity contribution in [3.8, 4) is 0 Å². The first-order valence-electron chi connectivity index (χ1n) is 5.60. The summed E-state index contributed by atoms with van der Waals surface area (Å²) in [7, 11) is 1.66. The van der Waals surface area contributed by atoms with Crippen molar-refractivity contribution in [2.75, 3.05) is 23.8 Å². The minimum atomic E-state index is -4.26. The number of alkyl halides is 3. The molecule has 102 valence electrons. The maximum absolute atomic E-state index is 12.5. The van der Waals surface area contributed by atoms with Gasteiger partial charge in [0.2, 0.25) is 0 Å². The van der Waals surface area contributed by atoms with Crippen molar-refractivity contribution < 1.29 is 13.2 Å². The molecule has 0 radical (unpaired) electrons. The minimum Gasteiger partial charge on any atom is -0.373 e. The van der Waals surface area contributed by atoms with E-state index in [2.05, 4.69) is 15.3 Å². The van der Waals surface area contributed by atoms with E-state index in [1.807, 2.05) is 0 Å². The summed E-state index contributed by atoms with van der Waals surface area (Å²) in [6, 6.07) is 1.21. The molecule has 0 aliphatic carbocycles. The number of rotatable bonds is 4. The van der Waals surface area contributed by atoms with E-state index in [1.54, 1.807) is 27.8 Å². The summed E-state index contributed by atoms with van der Waals surface area (Å²) in [5.41, 5.74) is 0. The summed E-state index contributed by atoms with van der Waals surface area (Å²) in [6.07, 6.45) is -4.26. The van der Waals surface area contributed by atoms with E-state index in [4.69, 9.17) is 0 Å². The highest BCUT2D eigenvalue weighted by Gasteiger charge is 2.32. The first kappa shape index (κ1) is 14.5. The van der Waals surface area contributed by atoms with Crippen molar-refractivity contribution in [3.05, 3.63) is 11.9 Å². The largest absolute Gasteiger partial charge is 0.405 e. The number of hydrogen-bond acceptors (Lipinski definition) is 4. The maximum atomic E-state index is 12.5. The molecule has 1 aromatic rings. The van der Waals surface area contributed by atoms with Gasteiger partial charge < -0.3 is 10.2 Å². The van der Waals surface area contributed by atoms with E-state index in [-0.39, 0.29) is 11.9 Å². The smallest absolute Gasteiger partial charge is 0.373 e. The lowest BCUT2D eigenvalue weighted by Crippen LogP contribution is -2.39. The van der Waals surface area contributed by atoms with Gasteiger partial charge in [-0.3, -0.25) is 0 Å². The van der Waals surface area contributed by atoms with E-state index in [9.17, 15) is 13.2 Å². The molecule has 0 unspecified atom stereocenters. The SMILES string of the molecule is CNc1cc(N(CC(F)(F)F)C(C)C)nc(C)n1. The molecular weight excluding hydrogens is 245 g/mol. The quantitative estimate of drug-likeness (QED) is 0.905. The summed E-state index contributed by atoms with van der Waals surface area (Å²) >= 11 is 0. The zero-order chi connectivity index (χ0) is 13.9. The number of aromatic nitrogens is 2. The molecule has 0 amide bonds. The molecule has 0 saturated carbocycles. The third-order valence-electron chi connectivity index (χ3n) is 2.35. The normalized spacial score (nSPS) is 11.8. The Labute approximate surface area is 104 Å². The third kappa shape index (κ3) is 4.05. The number of aryl methyl sites for hydroxylation is 1. The first-order valence-corrected chi connectivity index (χ1v) is 5.60. The van der Waals surface area contributed by atoms with Crippen molar-refractivity contribution in [1.29, 1.82) is 0 Å². The number of anilines is 2. The Morgan fingerprint density at radius 1 is 1.33 bits per heavy atom. The average Bonchev–Trinajstić information content (AvgIpc) is 2.23. The minimum absolute atomic E-state index is 0.277. The maximum Gasteiger partial charge on any atom is 0.405 e. The predicted molar refractivity (Wildman–Crippen MR) is 64.9 cm³/mol. The van der Waals surface area contributed by atoms with Gasteiger partial charge in [0.1, 0.15) is 24.0 Å². The Bertz CT molecular complexity index is 404. The van der Waals surface area contributed by atoms with Gasteiger partial charge in [0.15, 0.2) is 0 Å².